The largest absolute Gasteiger partial charge is 0.321 e. The number of carbonyl (C=O) groups excluding carboxylic acids is 1. The predicted molar refractivity (Wildman–Crippen MR) is 121 cm³/mol. The molecule has 0 aliphatic heterocycles. The highest BCUT2D eigenvalue weighted by Crippen LogP contribution is 2.27. The van der Waals surface area contributed by atoms with Gasteiger partial charge in [-0.2, -0.15) is 4.31 Å². The number of aryl methyl sites for hydroxylation is 2. The van der Waals surface area contributed by atoms with E-state index in [1.54, 1.807) is 25.2 Å². The number of carbonyl (C=O) groups is 1. The highest BCUT2D eigenvalue weighted by molar-refractivity contribution is 7.89. The van der Waals surface area contributed by atoms with Crippen molar-refractivity contribution in [2.75, 3.05) is 12.4 Å². The number of rotatable bonds is 7. The van der Waals surface area contributed by atoms with Gasteiger partial charge in [0, 0.05) is 24.3 Å². The van der Waals surface area contributed by atoms with Gasteiger partial charge in [-0.25, -0.2) is 8.42 Å². The van der Waals surface area contributed by atoms with Gasteiger partial charge >= 0.3 is 0 Å². The summed E-state index contributed by atoms with van der Waals surface area (Å²) in [5.74, 6) is -0.289. The van der Waals surface area contributed by atoms with E-state index in [1.165, 1.54) is 16.8 Å². The lowest BCUT2D eigenvalue weighted by Gasteiger charge is -2.30. The summed E-state index contributed by atoms with van der Waals surface area (Å²) in [7, 11) is -1.98. The zero-order valence-electron chi connectivity index (χ0n) is 18.1. The van der Waals surface area contributed by atoms with Crippen molar-refractivity contribution in [2.24, 2.45) is 0 Å². The highest BCUT2D eigenvalue weighted by Gasteiger charge is 2.29. The number of amides is 1. The van der Waals surface area contributed by atoms with Crippen molar-refractivity contribution in [3.63, 3.8) is 0 Å². The van der Waals surface area contributed by atoms with Crippen molar-refractivity contribution in [2.45, 2.75) is 69.7 Å². The van der Waals surface area contributed by atoms with Gasteiger partial charge in [-0.3, -0.25) is 4.79 Å². The molecule has 0 heterocycles. The molecule has 6 heteroatoms. The van der Waals surface area contributed by atoms with E-state index in [4.69, 9.17) is 0 Å². The SMILES string of the molecule is CCc1cccc(CC)c1NC(=O)c1cccc(S(=O)(=O)N(C)C2CCCCC2)c1. The lowest BCUT2D eigenvalue weighted by molar-refractivity contribution is 0.102. The van der Waals surface area contributed by atoms with E-state index in [0.717, 1.165) is 55.3 Å². The number of sulfonamides is 1. The van der Waals surface area contributed by atoms with Crippen LogP contribution >= 0.6 is 0 Å². The summed E-state index contributed by atoms with van der Waals surface area (Å²) in [4.78, 5) is 13.2. The van der Waals surface area contributed by atoms with Crippen LogP contribution in [0.2, 0.25) is 0 Å². The molecular formula is C24H32N2O3S. The van der Waals surface area contributed by atoms with E-state index < -0.39 is 10.0 Å². The van der Waals surface area contributed by atoms with Crippen LogP contribution in [0.15, 0.2) is 47.4 Å². The fourth-order valence-electron chi connectivity index (χ4n) is 4.19. The maximum Gasteiger partial charge on any atom is 0.255 e. The van der Waals surface area contributed by atoms with Crippen LogP contribution in [0, 0.1) is 0 Å². The van der Waals surface area contributed by atoms with E-state index in [-0.39, 0.29) is 16.8 Å². The Morgan fingerprint density at radius 1 is 1.00 bits per heavy atom. The fourth-order valence-corrected chi connectivity index (χ4v) is 5.66. The molecule has 30 heavy (non-hydrogen) atoms. The molecule has 2 aromatic carbocycles. The summed E-state index contributed by atoms with van der Waals surface area (Å²) >= 11 is 0. The van der Waals surface area contributed by atoms with Crippen molar-refractivity contribution < 1.29 is 13.2 Å². The van der Waals surface area contributed by atoms with Crippen LogP contribution in [0.4, 0.5) is 5.69 Å². The van der Waals surface area contributed by atoms with Gasteiger partial charge in [-0.15, -0.1) is 0 Å². The number of anilines is 1. The van der Waals surface area contributed by atoms with Crippen LogP contribution in [-0.2, 0) is 22.9 Å². The smallest absolute Gasteiger partial charge is 0.255 e. The maximum absolute atomic E-state index is 13.2. The molecule has 0 aromatic heterocycles. The molecule has 1 aliphatic carbocycles. The third-order valence-corrected chi connectivity index (χ3v) is 8.01. The molecule has 1 saturated carbocycles. The minimum absolute atomic E-state index is 0.0322. The van der Waals surface area contributed by atoms with Crippen molar-refractivity contribution >= 4 is 21.6 Å². The van der Waals surface area contributed by atoms with Gasteiger partial charge in [-0.1, -0.05) is 57.4 Å². The van der Waals surface area contributed by atoms with Gasteiger partial charge < -0.3 is 5.32 Å². The monoisotopic (exact) mass is 428 g/mol. The molecule has 1 aliphatic rings. The maximum atomic E-state index is 13.2. The summed E-state index contributed by atoms with van der Waals surface area (Å²) in [5, 5.41) is 3.02. The van der Waals surface area contributed by atoms with Gasteiger partial charge in [0.2, 0.25) is 10.0 Å². The van der Waals surface area contributed by atoms with E-state index in [1.807, 2.05) is 18.2 Å². The molecule has 0 bridgehead atoms. The lowest BCUT2D eigenvalue weighted by atomic mass is 9.96. The van der Waals surface area contributed by atoms with Crippen molar-refractivity contribution in [1.29, 1.82) is 0 Å². The van der Waals surface area contributed by atoms with Gasteiger partial charge in [0.05, 0.1) is 4.90 Å². The quantitative estimate of drug-likeness (QED) is 0.674. The molecule has 0 saturated heterocycles. The Hall–Kier alpha value is -2.18. The Morgan fingerprint density at radius 3 is 2.20 bits per heavy atom. The Kier molecular flexibility index (Phi) is 7.32. The van der Waals surface area contributed by atoms with Crippen LogP contribution in [0.5, 0.6) is 0 Å². The molecule has 162 valence electrons. The summed E-state index contributed by atoms with van der Waals surface area (Å²) in [5.41, 5.74) is 3.33. The summed E-state index contributed by atoms with van der Waals surface area (Å²) in [6.07, 6.45) is 6.69. The van der Waals surface area contributed by atoms with Crippen LogP contribution in [0.1, 0.15) is 67.4 Å². The zero-order chi connectivity index (χ0) is 21.7. The fraction of sp³-hybridized carbons (Fsp3) is 0.458. The predicted octanol–water partition coefficient (Wildman–Crippen LogP) is 5.02. The summed E-state index contributed by atoms with van der Waals surface area (Å²) < 4.78 is 27.8. The topological polar surface area (TPSA) is 66.5 Å². The third kappa shape index (κ3) is 4.76. The van der Waals surface area contributed by atoms with E-state index in [9.17, 15) is 13.2 Å². The number of nitrogens with zero attached hydrogens (tertiary/aromatic N) is 1. The average Bonchev–Trinajstić information content (AvgIpc) is 2.79. The number of benzene rings is 2. The first kappa shape index (κ1) is 22.5. The number of para-hydroxylation sites is 1. The molecule has 0 atom stereocenters. The first-order chi connectivity index (χ1) is 14.4. The van der Waals surface area contributed by atoms with Gasteiger partial charge in [0.1, 0.15) is 0 Å². The molecule has 3 rings (SSSR count). The van der Waals surface area contributed by atoms with Crippen LogP contribution in [-0.4, -0.2) is 31.7 Å². The van der Waals surface area contributed by atoms with Gasteiger partial charge in [0.25, 0.3) is 5.91 Å². The molecule has 1 N–H and O–H groups in total. The first-order valence-electron chi connectivity index (χ1n) is 10.9. The molecule has 0 spiro atoms. The van der Waals surface area contributed by atoms with Gasteiger partial charge in [0.15, 0.2) is 0 Å². The van der Waals surface area contributed by atoms with Crippen LogP contribution in [0.25, 0.3) is 0 Å². The second-order valence-electron chi connectivity index (χ2n) is 7.95. The normalized spacial score (nSPS) is 15.3. The standard InChI is InChI=1S/C24H32N2O3S/c1-4-18-11-9-12-19(5-2)23(18)25-24(27)20-13-10-16-22(17-20)30(28,29)26(3)21-14-7-6-8-15-21/h9-13,16-17,21H,4-8,14-15H2,1-3H3,(H,25,27). The summed E-state index contributed by atoms with van der Waals surface area (Å²) in [6, 6.07) is 12.4. The molecule has 0 unspecified atom stereocenters. The molecule has 0 radical (unpaired) electrons. The van der Waals surface area contributed by atoms with Crippen molar-refractivity contribution in [1.82, 2.24) is 4.31 Å². The molecule has 2 aromatic rings. The summed E-state index contributed by atoms with van der Waals surface area (Å²) in [6.45, 7) is 4.11. The Bertz CT molecular complexity index is 973. The van der Waals surface area contributed by atoms with Crippen molar-refractivity contribution in [3.8, 4) is 0 Å². The second kappa shape index (κ2) is 9.75. The average molecular weight is 429 g/mol. The molecule has 1 amide bonds. The lowest BCUT2D eigenvalue weighted by Crippen LogP contribution is -2.38. The number of hydrogen-bond donors (Lipinski definition) is 1. The number of nitrogens with one attached hydrogen (secondary N) is 1. The van der Waals surface area contributed by atoms with E-state index >= 15 is 0 Å². The second-order valence-corrected chi connectivity index (χ2v) is 9.95. The highest BCUT2D eigenvalue weighted by atomic mass is 32.2. The number of hydrogen-bond acceptors (Lipinski definition) is 3. The van der Waals surface area contributed by atoms with E-state index in [2.05, 4.69) is 19.2 Å². The van der Waals surface area contributed by atoms with Crippen LogP contribution in [0.3, 0.4) is 0 Å². The molecular weight excluding hydrogens is 396 g/mol. The van der Waals surface area contributed by atoms with Gasteiger partial charge in [-0.05, 0) is 55.0 Å². The van der Waals surface area contributed by atoms with E-state index in [0.29, 0.717) is 5.56 Å². The van der Waals surface area contributed by atoms with Crippen molar-refractivity contribution in [3.05, 3.63) is 59.2 Å². The zero-order valence-corrected chi connectivity index (χ0v) is 19.0. The Balaban J connectivity index is 1.86. The molecule has 1 fully saturated rings. The van der Waals surface area contributed by atoms with Crippen LogP contribution < -0.4 is 5.32 Å². The molecule has 5 nitrogen and oxygen atoms in total. The Morgan fingerprint density at radius 2 is 1.60 bits per heavy atom. The first-order valence-corrected chi connectivity index (χ1v) is 12.3. The minimum Gasteiger partial charge on any atom is -0.321 e. The Labute approximate surface area is 180 Å². The third-order valence-electron chi connectivity index (χ3n) is 6.10. The minimum atomic E-state index is -3.64.